The van der Waals surface area contributed by atoms with Gasteiger partial charge in [0.1, 0.15) is 6.42 Å². The van der Waals surface area contributed by atoms with Crippen molar-refractivity contribution in [1.29, 1.82) is 0 Å². The third-order valence-electron chi connectivity index (χ3n) is 1.77. The summed E-state index contributed by atoms with van der Waals surface area (Å²) in [5, 5.41) is 10.9. The lowest BCUT2D eigenvalue weighted by Gasteiger charge is -2.05. The zero-order chi connectivity index (χ0) is 11.4. The van der Waals surface area contributed by atoms with Crippen molar-refractivity contribution in [2.24, 2.45) is 0 Å². The van der Waals surface area contributed by atoms with E-state index in [0.29, 0.717) is 5.69 Å². The van der Waals surface area contributed by atoms with Gasteiger partial charge in [0, 0.05) is 9.26 Å². The first-order valence-corrected chi connectivity index (χ1v) is 5.34. The molecule has 0 aromatic heterocycles. The second-order valence-electron chi connectivity index (χ2n) is 3.08. The molecule has 1 aromatic carbocycles. The molecule has 0 heterocycles. The minimum Gasteiger partial charge on any atom is -0.481 e. The minimum absolute atomic E-state index is 0.509. The van der Waals surface area contributed by atoms with Crippen LogP contribution in [0.25, 0.3) is 0 Å². The minimum atomic E-state index is -1.13. The highest BCUT2D eigenvalue weighted by atomic mass is 127. The molecule has 80 valence electrons. The van der Waals surface area contributed by atoms with Gasteiger partial charge in [0.15, 0.2) is 0 Å². The van der Waals surface area contributed by atoms with Crippen LogP contribution in [0.2, 0.25) is 0 Å². The standard InChI is InChI=1S/C10H10INO3/c1-6-2-3-7(4-8(6)11)12-9(13)5-10(14)15/h2-4H,5H2,1H3,(H,12,13)(H,14,15). The molecular weight excluding hydrogens is 309 g/mol. The quantitative estimate of drug-likeness (QED) is 0.662. The Kier molecular flexibility index (Phi) is 4.07. The Labute approximate surface area is 101 Å². The van der Waals surface area contributed by atoms with E-state index in [2.05, 4.69) is 27.9 Å². The number of anilines is 1. The fourth-order valence-electron chi connectivity index (χ4n) is 1.01. The molecule has 1 amide bonds. The molecule has 0 radical (unpaired) electrons. The van der Waals surface area contributed by atoms with Gasteiger partial charge in [-0.05, 0) is 47.2 Å². The van der Waals surface area contributed by atoms with Gasteiger partial charge in [-0.3, -0.25) is 9.59 Å². The Hall–Kier alpha value is -1.11. The predicted octanol–water partition coefficient (Wildman–Crippen LogP) is 2.01. The number of nitrogens with one attached hydrogen (secondary N) is 1. The molecule has 1 rings (SSSR count). The number of aryl methyl sites for hydroxylation is 1. The number of hydrogen-bond donors (Lipinski definition) is 2. The number of carbonyl (C=O) groups excluding carboxylic acids is 1. The Morgan fingerprint density at radius 3 is 2.67 bits per heavy atom. The van der Waals surface area contributed by atoms with Gasteiger partial charge in [-0.2, -0.15) is 0 Å². The average molecular weight is 319 g/mol. The van der Waals surface area contributed by atoms with Crippen molar-refractivity contribution in [2.75, 3.05) is 5.32 Å². The number of carbonyl (C=O) groups is 2. The van der Waals surface area contributed by atoms with E-state index in [-0.39, 0.29) is 0 Å². The maximum Gasteiger partial charge on any atom is 0.312 e. The zero-order valence-corrected chi connectivity index (χ0v) is 10.2. The highest BCUT2D eigenvalue weighted by Crippen LogP contribution is 2.17. The van der Waals surface area contributed by atoms with Gasteiger partial charge >= 0.3 is 5.97 Å². The van der Waals surface area contributed by atoms with Gasteiger partial charge in [0.05, 0.1) is 0 Å². The summed E-state index contributed by atoms with van der Waals surface area (Å²) >= 11 is 2.15. The Bertz CT molecular complexity index is 404. The summed E-state index contributed by atoms with van der Waals surface area (Å²) in [5.41, 5.74) is 1.74. The third kappa shape index (κ3) is 3.86. The van der Waals surface area contributed by atoms with Crippen molar-refractivity contribution in [3.05, 3.63) is 27.3 Å². The number of rotatable bonds is 3. The van der Waals surface area contributed by atoms with E-state index < -0.39 is 18.3 Å². The van der Waals surface area contributed by atoms with Crippen LogP contribution in [-0.2, 0) is 9.59 Å². The highest BCUT2D eigenvalue weighted by molar-refractivity contribution is 14.1. The normalized spacial score (nSPS) is 9.73. The van der Waals surface area contributed by atoms with Gasteiger partial charge < -0.3 is 10.4 Å². The van der Waals surface area contributed by atoms with E-state index in [4.69, 9.17) is 5.11 Å². The molecule has 0 atom stereocenters. The van der Waals surface area contributed by atoms with E-state index in [0.717, 1.165) is 9.13 Å². The monoisotopic (exact) mass is 319 g/mol. The van der Waals surface area contributed by atoms with Crippen LogP contribution >= 0.6 is 22.6 Å². The van der Waals surface area contributed by atoms with E-state index >= 15 is 0 Å². The maximum absolute atomic E-state index is 11.1. The van der Waals surface area contributed by atoms with Crippen LogP contribution < -0.4 is 5.32 Å². The summed E-state index contributed by atoms with van der Waals surface area (Å²) < 4.78 is 1.03. The van der Waals surface area contributed by atoms with Gasteiger partial charge in [-0.1, -0.05) is 6.07 Å². The molecule has 4 nitrogen and oxygen atoms in total. The van der Waals surface area contributed by atoms with E-state index in [1.165, 1.54) is 0 Å². The van der Waals surface area contributed by atoms with Crippen molar-refractivity contribution < 1.29 is 14.7 Å². The molecule has 0 bridgehead atoms. The highest BCUT2D eigenvalue weighted by Gasteiger charge is 2.07. The number of carboxylic acid groups (broad SMARTS) is 1. The summed E-state index contributed by atoms with van der Waals surface area (Å²) in [6.45, 7) is 1.96. The predicted molar refractivity (Wildman–Crippen MR) is 64.8 cm³/mol. The molecule has 15 heavy (non-hydrogen) atoms. The van der Waals surface area contributed by atoms with Crippen LogP contribution in [0.1, 0.15) is 12.0 Å². The van der Waals surface area contributed by atoms with Crippen LogP contribution in [0, 0.1) is 10.5 Å². The fourth-order valence-corrected chi connectivity index (χ4v) is 1.53. The van der Waals surface area contributed by atoms with Crippen molar-refractivity contribution in [3.63, 3.8) is 0 Å². The molecule has 1 aromatic rings. The number of halogens is 1. The number of amides is 1. The Morgan fingerprint density at radius 2 is 2.13 bits per heavy atom. The lowest BCUT2D eigenvalue weighted by atomic mass is 10.2. The van der Waals surface area contributed by atoms with E-state index in [1.54, 1.807) is 12.1 Å². The van der Waals surface area contributed by atoms with Gasteiger partial charge in [0.25, 0.3) is 0 Å². The van der Waals surface area contributed by atoms with Gasteiger partial charge in [0.2, 0.25) is 5.91 Å². The molecule has 0 aliphatic rings. The van der Waals surface area contributed by atoms with Crippen LogP contribution in [-0.4, -0.2) is 17.0 Å². The third-order valence-corrected chi connectivity index (χ3v) is 2.93. The summed E-state index contributed by atoms with van der Waals surface area (Å²) in [7, 11) is 0. The number of benzene rings is 1. The molecular formula is C10H10INO3. The maximum atomic E-state index is 11.1. The van der Waals surface area contributed by atoms with Crippen LogP contribution in [0.15, 0.2) is 18.2 Å². The topological polar surface area (TPSA) is 66.4 Å². The second-order valence-corrected chi connectivity index (χ2v) is 4.24. The smallest absolute Gasteiger partial charge is 0.312 e. The average Bonchev–Trinajstić information content (AvgIpc) is 2.10. The van der Waals surface area contributed by atoms with Crippen LogP contribution in [0.3, 0.4) is 0 Å². The summed E-state index contributed by atoms with van der Waals surface area (Å²) in [4.78, 5) is 21.4. The Balaban J connectivity index is 2.69. The molecule has 2 N–H and O–H groups in total. The first kappa shape index (κ1) is 12.0. The molecule has 5 heteroatoms. The van der Waals surface area contributed by atoms with Gasteiger partial charge in [-0.15, -0.1) is 0 Å². The SMILES string of the molecule is Cc1ccc(NC(=O)CC(=O)O)cc1I. The Morgan fingerprint density at radius 1 is 1.47 bits per heavy atom. The molecule has 0 saturated heterocycles. The fraction of sp³-hybridized carbons (Fsp3) is 0.200. The van der Waals surface area contributed by atoms with Gasteiger partial charge in [-0.25, -0.2) is 0 Å². The van der Waals surface area contributed by atoms with Crippen molar-refractivity contribution in [3.8, 4) is 0 Å². The zero-order valence-electron chi connectivity index (χ0n) is 8.08. The number of aliphatic carboxylic acids is 1. The molecule has 0 spiro atoms. The number of carboxylic acids is 1. The largest absolute Gasteiger partial charge is 0.481 e. The molecule has 0 saturated carbocycles. The first-order chi connectivity index (χ1) is 6.99. The van der Waals surface area contributed by atoms with Crippen LogP contribution in [0.5, 0.6) is 0 Å². The van der Waals surface area contributed by atoms with Crippen molar-refractivity contribution in [2.45, 2.75) is 13.3 Å². The summed E-state index contributed by atoms with van der Waals surface area (Å²) in [6, 6.07) is 5.42. The molecule has 0 fully saturated rings. The van der Waals surface area contributed by atoms with Crippen molar-refractivity contribution in [1.82, 2.24) is 0 Å². The van der Waals surface area contributed by atoms with Crippen LogP contribution in [0.4, 0.5) is 5.69 Å². The second kappa shape index (κ2) is 5.11. The molecule has 0 unspecified atom stereocenters. The molecule has 0 aliphatic carbocycles. The lowest BCUT2D eigenvalue weighted by molar-refractivity contribution is -0.139. The van der Waals surface area contributed by atoms with E-state index in [1.807, 2.05) is 13.0 Å². The lowest BCUT2D eigenvalue weighted by Crippen LogP contribution is -2.15. The number of hydrogen-bond acceptors (Lipinski definition) is 2. The molecule has 0 aliphatic heterocycles. The summed E-state index contributed by atoms with van der Waals surface area (Å²) in [5.74, 6) is -1.64. The van der Waals surface area contributed by atoms with E-state index in [9.17, 15) is 9.59 Å². The first-order valence-electron chi connectivity index (χ1n) is 4.27. The van der Waals surface area contributed by atoms with Crippen molar-refractivity contribution >= 4 is 40.2 Å². The summed E-state index contributed by atoms with van der Waals surface area (Å²) in [6.07, 6.45) is -0.509.